The van der Waals surface area contributed by atoms with E-state index in [1.807, 2.05) is 60.7 Å². The molecule has 0 fully saturated rings. The van der Waals surface area contributed by atoms with Crippen LogP contribution in [0.4, 0.5) is 0 Å². The molecule has 0 aliphatic heterocycles. The second kappa shape index (κ2) is 16.1. The molecule has 0 saturated heterocycles. The molecule has 2 aromatic carbocycles. The standard InChI is InChI=1S/C15H20O3.C13H16O3/c1-12(2)9-10-18-15(16)14(17-3)11-13-7-5-4-6-8-13;1-10(2)16-13(14)12(15-3)9-11-7-5-4-6-8-11/h4-8,11-12H,9-10H2,1-3H3;4-10H,1-3H3. The molecule has 0 radical (unpaired) electrons. The lowest BCUT2D eigenvalue weighted by Gasteiger charge is -2.09. The highest BCUT2D eigenvalue weighted by atomic mass is 16.6. The molecule has 0 saturated carbocycles. The molecule has 0 N–H and O–H groups in total. The Morgan fingerprint density at radius 2 is 1.18 bits per heavy atom. The highest BCUT2D eigenvalue weighted by molar-refractivity contribution is 5.92. The lowest BCUT2D eigenvalue weighted by atomic mass is 10.1. The predicted molar refractivity (Wildman–Crippen MR) is 134 cm³/mol. The number of carbonyl (C=O) groups excluding carboxylic acids is 2. The number of ether oxygens (including phenoxy) is 4. The first kappa shape index (κ1) is 28.5. The van der Waals surface area contributed by atoms with Gasteiger partial charge in [0.15, 0.2) is 0 Å². The van der Waals surface area contributed by atoms with Crippen molar-refractivity contribution in [3.05, 3.63) is 83.3 Å². The molecule has 0 bridgehead atoms. The maximum Gasteiger partial charge on any atom is 0.373 e. The molecule has 0 spiro atoms. The van der Waals surface area contributed by atoms with Crippen LogP contribution in [-0.2, 0) is 28.5 Å². The van der Waals surface area contributed by atoms with Crippen LogP contribution in [0, 0.1) is 5.92 Å². The Hall–Kier alpha value is -3.54. The summed E-state index contributed by atoms with van der Waals surface area (Å²) in [5, 5.41) is 0. The summed E-state index contributed by atoms with van der Waals surface area (Å²) >= 11 is 0. The van der Waals surface area contributed by atoms with Crippen LogP contribution in [0.15, 0.2) is 72.2 Å². The van der Waals surface area contributed by atoms with E-state index in [9.17, 15) is 9.59 Å². The van der Waals surface area contributed by atoms with Crippen LogP contribution in [0.1, 0.15) is 45.2 Å². The Kier molecular flexibility index (Phi) is 13.5. The highest BCUT2D eigenvalue weighted by Gasteiger charge is 2.13. The Balaban J connectivity index is 0.000000342. The molecule has 0 unspecified atom stereocenters. The molecular formula is C28H36O6. The smallest absolute Gasteiger partial charge is 0.373 e. The van der Waals surface area contributed by atoms with Crippen LogP contribution >= 0.6 is 0 Å². The molecular weight excluding hydrogens is 432 g/mol. The largest absolute Gasteiger partial charge is 0.490 e. The van der Waals surface area contributed by atoms with Gasteiger partial charge in [-0.25, -0.2) is 9.59 Å². The summed E-state index contributed by atoms with van der Waals surface area (Å²) in [6.45, 7) is 8.20. The summed E-state index contributed by atoms with van der Waals surface area (Å²) < 4.78 is 20.3. The van der Waals surface area contributed by atoms with Gasteiger partial charge in [0, 0.05) is 0 Å². The summed E-state index contributed by atoms with van der Waals surface area (Å²) in [7, 11) is 2.93. The number of rotatable bonds is 10. The van der Waals surface area contributed by atoms with Gasteiger partial charge >= 0.3 is 11.9 Å². The topological polar surface area (TPSA) is 71.1 Å². The minimum absolute atomic E-state index is 0.151. The fraction of sp³-hybridized carbons (Fsp3) is 0.357. The van der Waals surface area contributed by atoms with Gasteiger partial charge in [0.1, 0.15) is 0 Å². The van der Waals surface area contributed by atoms with E-state index in [1.54, 1.807) is 26.0 Å². The normalized spacial score (nSPS) is 11.4. The van der Waals surface area contributed by atoms with Crippen molar-refractivity contribution >= 4 is 24.1 Å². The zero-order valence-corrected chi connectivity index (χ0v) is 20.9. The van der Waals surface area contributed by atoms with Crippen LogP contribution < -0.4 is 0 Å². The Morgan fingerprint density at radius 3 is 1.56 bits per heavy atom. The molecule has 0 atom stereocenters. The Bertz CT molecular complexity index is 914. The molecule has 0 aliphatic carbocycles. The van der Waals surface area contributed by atoms with Crippen molar-refractivity contribution in [3.8, 4) is 0 Å². The van der Waals surface area contributed by atoms with Gasteiger partial charge in [-0.05, 0) is 49.5 Å². The van der Waals surface area contributed by atoms with Gasteiger partial charge in [0.05, 0.1) is 26.9 Å². The van der Waals surface area contributed by atoms with Crippen LogP contribution in [-0.4, -0.2) is 38.9 Å². The van der Waals surface area contributed by atoms with Crippen molar-refractivity contribution in [3.63, 3.8) is 0 Å². The van der Waals surface area contributed by atoms with Crippen molar-refractivity contribution < 1.29 is 28.5 Å². The first-order valence-electron chi connectivity index (χ1n) is 11.3. The van der Waals surface area contributed by atoms with Gasteiger partial charge in [-0.1, -0.05) is 74.5 Å². The molecule has 2 aromatic rings. The van der Waals surface area contributed by atoms with Gasteiger partial charge in [-0.15, -0.1) is 0 Å². The summed E-state index contributed by atoms with van der Waals surface area (Å²) in [5.41, 5.74) is 1.82. The van der Waals surface area contributed by atoms with Crippen LogP contribution in [0.2, 0.25) is 0 Å². The van der Waals surface area contributed by atoms with Crippen LogP contribution in [0.5, 0.6) is 0 Å². The minimum atomic E-state index is -0.443. The van der Waals surface area contributed by atoms with E-state index >= 15 is 0 Å². The fourth-order valence-corrected chi connectivity index (χ4v) is 2.53. The molecule has 6 heteroatoms. The number of methoxy groups -OCH3 is 2. The molecule has 0 heterocycles. The third kappa shape index (κ3) is 11.9. The third-order valence-electron chi connectivity index (χ3n) is 4.31. The van der Waals surface area contributed by atoms with E-state index in [1.165, 1.54) is 14.2 Å². The van der Waals surface area contributed by atoms with Gasteiger partial charge in [-0.3, -0.25) is 0 Å². The average molecular weight is 469 g/mol. The van der Waals surface area contributed by atoms with Gasteiger partial charge < -0.3 is 18.9 Å². The van der Waals surface area contributed by atoms with Crippen molar-refractivity contribution in [2.24, 2.45) is 5.92 Å². The maximum atomic E-state index is 11.7. The van der Waals surface area contributed by atoms with Crippen molar-refractivity contribution in [2.45, 2.75) is 40.2 Å². The van der Waals surface area contributed by atoms with E-state index in [0.29, 0.717) is 12.5 Å². The van der Waals surface area contributed by atoms with E-state index < -0.39 is 11.9 Å². The Labute approximate surface area is 203 Å². The van der Waals surface area contributed by atoms with E-state index in [4.69, 9.17) is 18.9 Å². The number of hydrogen-bond acceptors (Lipinski definition) is 6. The molecule has 184 valence electrons. The molecule has 0 aliphatic rings. The average Bonchev–Trinajstić information content (AvgIpc) is 2.82. The quantitative estimate of drug-likeness (QED) is 0.246. The van der Waals surface area contributed by atoms with E-state index in [2.05, 4.69) is 13.8 Å². The summed E-state index contributed by atoms with van der Waals surface area (Å²) in [6, 6.07) is 19.0. The fourth-order valence-electron chi connectivity index (χ4n) is 2.53. The van der Waals surface area contributed by atoms with Crippen molar-refractivity contribution in [1.29, 1.82) is 0 Å². The second-order valence-corrected chi connectivity index (χ2v) is 8.02. The minimum Gasteiger partial charge on any atom is -0.490 e. The number of carbonyl (C=O) groups is 2. The third-order valence-corrected chi connectivity index (χ3v) is 4.31. The van der Waals surface area contributed by atoms with Crippen LogP contribution in [0.25, 0.3) is 12.2 Å². The summed E-state index contributed by atoms with van der Waals surface area (Å²) in [5.74, 6) is 0.0927. The molecule has 6 nitrogen and oxygen atoms in total. The van der Waals surface area contributed by atoms with Gasteiger partial charge in [0.2, 0.25) is 11.5 Å². The van der Waals surface area contributed by atoms with Crippen molar-refractivity contribution in [1.82, 2.24) is 0 Å². The predicted octanol–water partition coefficient (Wildman–Crippen LogP) is 5.89. The lowest BCUT2D eigenvalue weighted by molar-refractivity contribution is -0.146. The number of hydrogen-bond donors (Lipinski definition) is 0. The van der Waals surface area contributed by atoms with Crippen LogP contribution in [0.3, 0.4) is 0 Å². The zero-order valence-electron chi connectivity index (χ0n) is 20.9. The maximum absolute atomic E-state index is 11.7. The zero-order chi connectivity index (χ0) is 25.3. The van der Waals surface area contributed by atoms with Gasteiger partial charge in [0.25, 0.3) is 0 Å². The lowest BCUT2D eigenvalue weighted by Crippen LogP contribution is -2.14. The van der Waals surface area contributed by atoms with E-state index in [0.717, 1.165) is 17.5 Å². The first-order valence-corrected chi connectivity index (χ1v) is 11.3. The molecule has 2 rings (SSSR count). The summed E-state index contributed by atoms with van der Waals surface area (Å²) in [4.78, 5) is 23.3. The Morgan fingerprint density at radius 1 is 0.735 bits per heavy atom. The highest BCUT2D eigenvalue weighted by Crippen LogP contribution is 2.11. The molecule has 0 amide bonds. The first-order chi connectivity index (χ1) is 16.3. The van der Waals surface area contributed by atoms with Gasteiger partial charge in [-0.2, -0.15) is 0 Å². The second-order valence-electron chi connectivity index (χ2n) is 8.02. The number of benzene rings is 2. The van der Waals surface area contributed by atoms with E-state index in [-0.39, 0.29) is 17.6 Å². The number of esters is 2. The summed E-state index contributed by atoms with van der Waals surface area (Å²) in [6.07, 6.45) is 4.04. The SMILES string of the molecule is COC(=Cc1ccccc1)C(=O)OC(C)C.COC(=Cc1ccccc1)C(=O)OCCC(C)C. The molecule has 34 heavy (non-hydrogen) atoms. The monoisotopic (exact) mass is 468 g/mol. The van der Waals surface area contributed by atoms with Crippen molar-refractivity contribution in [2.75, 3.05) is 20.8 Å². The molecule has 0 aromatic heterocycles.